The summed E-state index contributed by atoms with van der Waals surface area (Å²) in [6, 6.07) is 7.18. The monoisotopic (exact) mass is 436 g/mol. The summed E-state index contributed by atoms with van der Waals surface area (Å²) in [5.41, 5.74) is 1.08. The van der Waals surface area contributed by atoms with Crippen molar-refractivity contribution >= 4 is 22.0 Å². The normalized spacial score (nSPS) is 26.2. The Kier molecular flexibility index (Phi) is 6.95. The number of piperazine rings is 1. The molecule has 1 aliphatic heterocycles. The van der Waals surface area contributed by atoms with E-state index in [0.29, 0.717) is 18.0 Å². The molecule has 3 atom stereocenters. The SMILES string of the molecule is Cc1ccc(S(=O)(=O)N2CCN(CC3CC4C=CC3C4)CC2)cc1.O=C(O)C(=O)O. The number of aryl methyl sites for hydroxylation is 1. The summed E-state index contributed by atoms with van der Waals surface area (Å²) in [7, 11) is -3.34. The summed E-state index contributed by atoms with van der Waals surface area (Å²) >= 11 is 0. The maximum Gasteiger partial charge on any atom is 0.414 e. The third-order valence-corrected chi connectivity index (χ3v) is 7.99. The first kappa shape index (κ1) is 22.5. The van der Waals surface area contributed by atoms with E-state index in [0.717, 1.165) is 43.0 Å². The standard InChI is InChI=1S/C19H26N2O2S.C2H2O4/c1-15-2-6-19(7-3-15)24(22,23)21-10-8-20(9-11-21)14-18-13-16-4-5-17(18)12-16;3-1(4)2(5)6/h2-7,16-18H,8-14H2,1H3;(H,3,4)(H,5,6). The summed E-state index contributed by atoms with van der Waals surface area (Å²) in [6.45, 7) is 6.01. The highest BCUT2D eigenvalue weighted by Crippen LogP contribution is 2.43. The Balaban J connectivity index is 0.000000377. The van der Waals surface area contributed by atoms with Crippen molar-refractivity contribution in [3.63, 3.8) is 0 Å². The van der Waals surface area contributed by atoms with Crippen LogP contribution in [0.4, 0.5) is 0 Å². The number of hydrogen-bond donors (Lipinski definition) is 2. The maximum absolute atomic E-state index is 12.8. The van der Waals surface area contributed by atoms with E-state index in [2.05, 4.69) is 17.1 Å². The van der Waals surface area contributed by atoms with Crippen molar-refractivity contribution in [1.82, 2.24) is 9.21 Å². The molecule has 30 heavy (non-hydrogen) atoms. The predicted octanol–water partition coefficient (Wildman–Crippen LogP) is 1.67. The molecule has 0 aromatic heterocycles. The number of carboxylic acids is 2. The third-order valence-electron chi connectivity index (χ3n) is 6.08. The second-order valence-electron chi connectivity index (χ2n) is 8.17. The van der Waals surface area contributed by atoms with Gasteiger partial charge in [-0.1, -0.05) is 29.8 Å². The molecule has 3 aliphatic rings. The first-order valence-electron chi connectivity index (χ1n) is 10.1. The average Bonchev–Trinajstić information content (AvgIpc) is 3.32. The lowest BCUT2D eigenvalue weighted by atomic mass is 9.93. The Bertz CT molecular complexity index is 892. The van der Waals surface area contributed by atoms with Gasteiger partial charge in [0.1, 0.15) is 0 Å². The highest BCUT2D eigenvalue weighted by Gasteiger charge is 2.37. The molecule has 4 rings (SSSR count). The molecule has 1 heterocycles. The van der Waals surface area contributed by atoms with Crippen molar-refractivity contribution in [3.05, 3.63) is 42.0 Å². The smallest absolute Gasteiger partial charge is 0.414 e. The van der Waals surface area contributed by atoms with Gasteiger partial charge in [0, 0.05) is 32.7 Å². The molecule has 2 fully saturated rings. The second kappa shape index (κ2) is 9.28. The van der Waals surface area contributed by atoms with Crippen molar-refractivity contribution < 1.29 is 28.2 Å². The average molecular weight is 437 g/mol. The topological polar surface area (TPSA) is 115 Å². The third kappa shape index (κ3) is 5.27. The molecule has 2 aliphatic carbocycles. The molecule has 1 saturated heterocycles. The quantitative estimate of drug-likeness (QED) is 0.545. The van der Waals surface area contributed by atoms with Crippen LogP contribution in [0, 0.1) is 24.7 Å². The molecule has 0 spiro atoms. The Morgan fingerprint density at radius 1 is 0.967 bits per heavy atom. The number of aliphatic carboxylic acids is 2. The van der Waals surface area contributed by atoms with Crippen LogP contribution in [0.3, 0.4) is 0 Å². The van der Waals surface area contributed by atoms with Crippen molar-refractivity contribution in [2.45, 2.75) is 24.7 Å². The molecule has 2 bridgehead atoms. The first-order chi connectivity index (χ1) is 14.2. The van der Waals surface area contributed by atoms with Gasteiger partial charge in [0.15, 0.2) is 0 Å². The zero-order valence-corrected chi connectivity index (χ0v) is 17.8. The van der Waals surface area contributed by atoms with E-state index < -0.39 is 22.0 Å². The van der Waals surface area contributed by atoms with Crippen molar-refractivity contribution in [3.8, 4) is 0 Å². The van der Waals surface area contributed by atoms with Crippen LogP contribution < -0.4 is 0 Å². The van der Waals surface area contributed by atoms with E-state index in [9.17, 15) is 8.42 Å². The van der Waals surface area contributed by atoms with Crippen LogP contribution in [0.5, 0.6) is 0 Å². The largest absolute Gasteiger partial charge is 0.473 e. The Morgan fingerprint density at radius 2 is 1.57 bits per heavy atom. The fourth-order valence-electron chi connectivity index (χ4n) is 4.45. The number of rotatable bonds is 4. The molecule has 1 aromatic carbocycles. The molecular formula is C21H28N2O6S. The minimum Gasteiger partial charge on any atom is -0.473 e. The molecule has 2 N–H and O–H groups in total. The zero-order chi connectivity index (χ0) is 21.9. The maximum atomic E-state index is 12.8. The van der Waals surface area contributed by atoms with Gasteiger partial charge in [-0.15, -0.1) is 0 Å². The highest BCUT2D eigenvalue weighted by atomic mass is 32.2. The molecule has 164 valence electrons. The van der Waals surface area contributed by atoms with Crippen LogP contribution in [0.25, 0.3) is 0 Å². The van der Waals surface area contributed by atoms with Gasteiger partial charge < -0.3 is 15.1 Å². The van der Waals surface area contributed by atoms with Gasteiger partial charge in [0.25, 0.3) is 0 Å². The number of allylic oxidation sites excluding steroid dienone is 2. The van der Waals surface area contributed by atoms with Crippen molar-refractivity contribution in [2.75, 3.05) is 32.7 Å². The van der Waals surface area contributed by atoms with Crippen LogP contribution in [0.15, 0.2) is 41.3 Å². The summed E-state index contributed by atoms with van der Waals surface area (Å²) < 4.78 is 27.2. The molecular weight excluding hydrogens is 408 g/mol. The van der Waals surface area contributed by atoms with Gasteiger partial charge >= 0.3 is 11.9 Å². The Hall–Kier alpha value is -2.23. The fraction of sp³-hybridized carbons (Fsp3) is 0.524. The molecule has 3 unspecified atom stereocenters. The minimum atomic E-state index is -3.34. The van der Waals surface area contributed by atoms with Crippen LogP contribution in [-0.4, -0.2) is 72.5 Å². The molecule has 9 heteroatoms. The lowest BCUT2D eigenvalue weighted by Crippen LogP contribution is -2.49. The minimum absolute atomic E-state index is 0.416. The number of nitrogens with zero attached hydrogens (tertiary/aromatic N) is 2. The van der Waals surface area contributed by atoms with Crippen LogP contribution in [0.2, 0.25) is 0 Å². The van der Waals surface area contributed by atoms with E-state index in [-0.39, 0.29) is 0 Å². The lowest BCUT2D eigenvalue weighted by Gasteiger charge is -2.36. The van der Waals surface area contributed by atoms with E-state index in [1.165, 1.54) is 12.8 Å². The van der Waals surface area contributed by atoms with Gasteiger partial charge in [-0.3, -0.25) is 0 Å². The lowest BCUT2D eigenvalue weighted by molar-refractivity contribution is -0.159. The van der Waals surface area contributed by atoms with Gasteiger partial charge in [0.2, 0.25) is 10.0 Å². The van der Waals surface area contributed by atoms with E-state index >= 15 is 0 Å². The molecule has 0 radical (unpaired) electrons. The van der Waals surface area contributed by atoms with E-state index in [1.54, 1.807) is 16.4 Å². The molecule has 0 amide bonds. The summed E-state index contributed by atoms with van der Waals surface area (Å²) in [5, 5.41) is 14.8. The van der Waals surface area contributed by atoms with Crippen LogP contribution in [0.1, 0.15) is 18.4 Å². The predicted molar refractivity (Wildman–Crippen MR) is 110 cm³/mol. The number of carboxylic acid groups (broad SMARTS) is 2. The van der Waals surface area contributed by atoms with E-state index in [4.69, 9.17) is 19.8 Å². The van der Waals surface area contributed by atoms with Gasteiger partial charge in [-0.25, -0.2) is 18.0 Å². The molecule has 8 nitrogen and oxygen atoms in total. The zero-order valence-electron chi connectivity index (χ0n) is 17.0. The van der Waals surface area contributed by atoms with Crippen molar-refractivity contribution in [2.24, 2.45) is 17.8 Å². The van der Waals surface area contributed by atoms with Crippen molar-refractivity contribution in [1.29, 1.82) is 0 Å². The van der Waals surface area contributed by atoms with E-state index in [1.807, 2.05) is 19.1 Å². The van der Waals surface area contributed by atoms with Crippen LogP contribution >= 0.6 is 0 Å². The summed E-state index contributed by atoms with van der Waals surface area (Å²) in [6.07, 6.45) is 7.44. The Labute approximate surface area is 176 Å². The first-order valence-corrected chi connectivity index (χ1v) is 11.5. The van der Waals surface area contributed by atoms with Gasteiger partial charge in [0.05, 0.1) is 4.90 Å². The van der Waals surface area contributed by atoms with Gasteiger partial charge in [-0.05, 0) is 49.7 Å². The fourth-order valence-corrected chi connectivity index (χ4v) is 5.87. The number of carbonyl (C=O) groups is 2. The molecule has 1 saturated carbocycles. The van der Waals surface area contributed by atoms with Crippen LogP contribution in [-0.2, 0) is 19.6 Å². The second-order valence-corrected chi connectivity index (χ2v) is 10.1. The Morgan fingerprint density at radius 3 is 2.03 bits per heavy atom. The van der Waals surface area contributed by atoms with Gasteiger partial charge in [-0.2, -0.15) is 4.31 Å². The molecule has 1 aromatic rings. The number of benzene rings is 1. The number of hydrogen-bond acceptors (Lipinski definition) is 5. The number of sulfonamides is 1. The summed E-state index contributed by atoms with van der Waals surface area (Å²) in [4.78, 5) is 21.1. The highest BCUT2D eigenvalue weighted by molar-refractivity contribution is 7.89. The summed E-state index contributed by atoms with van der Waals surface area (Å²) in [5.74, 6) is -1.29. The number of fused-ring (bicyclic) bond motifs is 2.